The molecule has 0 heterocycles. The van der Waals surface area contributed by atoms with Crippen LogP contribution in [0.3, 0.4) is 0 Å². The molecule has 12 heavy (non-hydrogen) atoms. The molecule has 0 saturated heterocycles. The molecule has 0 amide bonds. The van der Waals surface area contributed by atoms with E-state index in [9.17, 15) is 9.59 Å². The summed E-state index contributed by atoms with van der Waals surface area (Å²) in [7, 11) is 0. The molecule has 0 fully saturated rings. The van der Waals surface area contributed by atoms with Crippen LogP contribution in [0.15, 0.2) is 0 Å². The fourth-order valence-electron chi connectivity index (χ4n) is 0.289. The van der Waals surface area contributed by atoms with E-state index in [-0.39, 0.29) is 19.5 Å². The van der Waals surface area contributed by atoms with Gasteiger partial charge in [-0.1, -0.05) is 0 Å². The van der Waals surface area contributed by atoms with Crippen LogP contribution < -0.4 is 0 Å². The number of aliphatic hydroxyl groups is 3. The van der Waals surface area contributed by atoms with Crippen molar-refractivity contribution in [2.45, 2.75) is 11.9 Å². The summed E-state index contributed by atoms with van der Waals surface area (Å²) in [6.07, 6.45) is -2.76. The first-order valence-electron chi connectivity index (χ1n) is 2.39. The number of rotatable bonds is 3. The van der Waals surface area contributed by atoms with Crippen LogP contribution >= 0.6 is 0 Å². The van der Waals surface area contributed by atoms with Crippen molar-refractivity contribution in [2.24, 2.45) is 0 Å². The topological polar surface area (TPSA) is 135 Å². The van der Waals surface area contributed by atoms with Crippen molar-refractivity contribution in [3.63, 3.8) is 0 Å². The molecular formula is C4H6O7Zn. The maximum absolute atomic E-state index is 9.84. The van der Waals surface area contributed by atoms with Crippen molar-refractivity contribution >= 4 is 11.9 Å². The summed E-state index contributed by atoms with van der Waals surface area (Å²) in [6.45, 7) is 0. The van der Waals surface area contributed by atoms with Crippen LogP contribution in [-0.2, 0) is 29.1 Å². The molecule has 0 aliphatic rings. The van der Waals surface area contributed by atoms with Crippen LogP contribution in [0.2, 0.25) is 0 Å². The van der Waals surface area contributed by atoms with Gasteiger partial charge < -0.3 is 25.5 Å². The molecule has 0 spiro atoms. The molecule has 0 rings (SSSR count). The smallest absolute Gasteiger partial charge is 0.367 e. The van der Waals surface area contributed by atoms with E-state index >= 15 is 0 Å². The van der Waals surface area contributed by atoms with E-state index in [0.717, 1.165) is 0 Å². The molecule has 1 unspecified atom stereocenters. The van der Waals surface area contributed by atoms with Gasteiger partial charge >= 0.3 is 17.7 Å². The van der Waals surface area contributed by atoms with Gasteiger partial charge in [0.15, 0.2) is 0 Å². The van der Waals surface area contributed by atoms with E-state index < -0.39 is 23.8 Å². The summed E-state index contributed by atoms with van der Waals surface area (Å²) >= 11 is 0. The summed E-state index contributed by atoms with van der Waals surface area (Å²) < 4.78 is 0. The average Bonchev–Trinajstić information content (AvgIpc) is 1.85. The molecular weight excluding hydrogens is 225 g/mol. The van der Waals surface area contributed by atoms with Gasteiger partial charge in [0.25, 0.3) is 0 Å². The van der Waals surface area contributed by atoms with Gasteiger partial charge in [-0.3, -0.25) is 0 Å². The van der Waals surface area contributed by atoms with Crippen LogP contribution in [0.25, 0.3) is 0 Å². The Hall–Kier alpha value is -0.557. The second-order valence-corrected chi connectivity index (χ2v) is 1.77. The summed E-state index contributed by atoms with van der Waals surface area (Å²) in [5.41, 5.74) is 0. The van der Waals surface area contributed by atoms with E-state index in [2.05, 4.69) is 0 Å². The fraction of sp³-hybridized carbons (Fsp3) is 0.500. The van der Waals surface area contributed by atoms with Gasteiger partial charge in [-0.2, -0.15) is 0 Å². The van der Waals surface area contributed by atoms with Gasteiger partial charge in [-0.25, -0.2) is 9.59 Å². The largest absolute Gasteiger partial charge is 0.479 e. The monoisotopic (exact) mass is 230 g/mol. The summed E-state index contributed by atoms with van der Waals surface area (Å²) in [5, 5.41) is 40.9. The minimum Gasteiger partial charge on any atom is -0.479 e. The molecule has 5 N–H and O–H groups in total. The van der Waals surface area contributed by atoms with Crippen LogP contribution in [0.5, 0.6) is 0 Å². The number of carbonyl (C=O) groups is 2. The quantitative estimate of drug-likeness (QED) is 0.261. The Morgan fingerprint density at radius 2 is 1.50 bits per heavy atom. The first-order chi connectivity index (χ1) is 4.80. The van der Waals surface area contributed by atoms with E-state index in [1.165, 1.54) is 0 Å². The molecule has 66 valence electrons. The summed E-state index contributed by atoms with van der Waals surface area (Å²) in [4.78, 5) is 19.7. The molecule has 0 aliphatic carbocycles. The van der Waals surface area contributed by atoms with Gasteiger partial charge in [0.2, 0.25) is 6.10 Å². The van der Waals surface area contributed by atoms with Crippen LogP contribution in [-0.4, -0.2) is 49.4 Å². The molecule has 0 saturated carbocycles. The third kappa shape index (κ3) is 2.82. The first kappa shape index (κ1) is 14.0. The standard InChI is InChI=1S/C4H6O7.Zn/c5-1(2(6)7)4(10,11)3(8)9;/h1,5,10-11H,(H,6,7)(H,8,9);. The van der Waals surface area contributed by atoms with Crippen molar-refractivity contribution in [2.75, 3.05) is 0 Å². The van der Waals surface area contributed by atoms with Gasteiger partial charge in [0.05, 0.1) is 0 Å². The Morgan fingerprint density at radius 3 is 1.58 bits per heavy atom. The van der Waals surface area contributed by atoms with Gasteiger partial charge in [-0.15, -0.1) is 0 Å². The van der Waals surface area contributed by atoms with E-state index in [4.69, 9.17) is 25.5 Å². The Bertz CT molecular complexity index is 188. The zero-order chi connectivity index (χ0) is 9.23. The predicted molar refractivity (Wildman–Crippen MR) is 28.4 cm³/mol. The molecule has 1 atom stereocenters. The number of aliphatic carboxylic acids is 2. The molecule has 0 aromatic carbocycles. The van der Waals surface area contributed by atoms with Crippen molar-refractivity contribution in [3.05, 3.63) is 0 Å². The zero-order valence-electron chi connectivity index (χ0n) is 5.84. The number of hydrogen-bond acceptors (Lipinski definition) is 5. The maximum Gasteiger partial charge on any atom is 0.367 e. The number of carboxylic acid groups (broad SMARTS) is 2. The summed E-state index contributed by atoms with van der Waals surface area (Å²) in [5.74, 6) is -7.91. The fourth-order valence-corrected chi connectivity index (χ4v) is 0.289. The molecule has 7 nitrogen and oxygen atoms in total. The second kappa shape index (κ2) is 4.46. The number of hydrogen-bond donors (Lipinski definition) is 5. The Morgan fingerprint density at radius 1 is 1.17 bits per heavy atom. The van der Waals surface area contributed by atoms with Gasteiger partial charge in [0.1, 0.15) is 0 Å². The minimum absolute atomic E-state index is 0. The predicted octanol–water partition coefficient (Wildman–Crippen LogP) is -2.81. The SMILES string of the molecule is O=C(O)C(O)C(O)(O)C(=O)O.[Zn]. The van der Waals surface area contributed by atoms with E-state index in [1.807, 2.05) is 0 Å². The number of carboxylic acids is 2. The zero-order valence-corrected chi connectivity index (χ0v) is 8.80. The molecule has 0 radical (unpaired) electrons. The average molecular weight is 231 g/mol. The summed E-state index contributed by atoms with van der Waals surface area (Å²) in [6, 6.07) is 0. The Kier molecular flexibility index (Phi) is 5.21. The number of aliphatic hydroxyl groups excluding tert-OH is 1. The maximum atomic E-state index is 9.84. The molecule has 0 aromatic rings. The molecule has 0 aromatic heterocycles. The molecule has 0 aliphatic heterocycles. The van der Waals surface area contributed by atoms with E-state index in [1.54, 1.807) is 0 Å². The van der Waals surface area contributed by atoms with E-state index in [0.29, 0.717) is 0 Å². The molecule has 8 heteroatoms. The normalized spacial score (nSPS) is 12.9. The molecule has 0 bridgehead atoms. The Balaban J connectivity index is 0. The van der Waals surface area contributed by atoms with Crippen molar-refractivity contribution in [3.8, 4) is 0 Å². The third-order valence-corrected chi connectivity index (χ3v) is 0.930. The van der Waals surface area contributed by atoms with Crippen LogP contribution in [0.1, 0.15) is 0 Å². The van der Waals surface area contributed by atoms with Gasteiger partial charge in [0, 0.05) is 19.5 Å². The van der Waals surface area contributed by atoms with Crippen molar-refractivity contribution in [1.82, 2.24) is 0 Å². The van der Waals surface area contributed by atoms with Crippen LogP contribution in [0.4, 0.5) is 0 Å². The minimum atomic E-state index is -3.65. The third-order valence-electron chi connectivity index (χ3n) is 0.930. The second-order valence-electron chi connectivity index (χ2n) is 1.77. The van der Waals surface area contributed by atoms with Crippen molar-refractivity contribution in [1.29, 1.82) is 0 Å². The van der Waals surface area contributed by atoms with Gasteiger partial charge in [-0.05, 0) is 0 Å². The van der Waals surface area contributed by atoms with Crippen LogP contribution in [0, 0.1) is 0 Å². The Labute approximate surface area is 79.0 Å². The van der Waals surface area contributed by atoms with Crippen molar-refractivity contribution < 1.29 is 54.6 Å². The first-order valence-corrected chi connectivity index (χ1v) is 2.39.